The van der Waals surface area contributed by atoms with E-state index in [4.69, 9.17) is 28.3 Å². The van der Waals surface area contributed by atoms with Crippen molar-refractivity contribution in [3.05, 3.63) is 38.4 Å². The fourth-order valence-corrected chi connectivity index (χ4v) is 2.41. The van der Waals surface area contributed by atoms with Crippen molar-refractivity contribution in [2.24, 2.45) is 0 Å². The van der Waals surface area contributed by atoms with E-state index in [1.807, 2.05) is 0 Å². The Kier molecular flexibility index (Phi) is 4.70. The van der Waals surface area contributed by atoms with Crippen LogP contribution in [0.5, 0.6) is 0 Å². The molecule has 0 saturated carbocycles. The molecule has 0 atom stereocenters. The van der Waals surface area contributed by atoms with Crippen molar-refractivity contribution in [2.75, 3.05) is 18.5 Å². The summed E-state index contributed by atoms with van der Waals surface area (Å²) in [7, 11) is 0. The molecule has 1 aliphatic rings. The van der Waals surface area contributed by atoms with Crippen LogP contribution in [0.15, 0.2) is 28.4 Å². The van der Waals surface area contributed by atoms with Crippen LogP contribution in [0, 0.1) is 0 Å². The highest BCUT2D eigenvalue weighted by Crippen LogP contribution is 2.34. The van der Waals surface area contributed by atoms with Crippen LogP contribution in [0.3, 0.4) is 0 Å². The van der Waals surface area contributed by atoms with Gasteiger partial charge in [-0.25, -0.2) is 0 Å². The molecule has 2 amide bonds. The van der Waals surface area contributed by atoms with E-state index in [1.54, 1.807) is 12.1 Å². The maximum absolute atomic E-state index is 11.9. The Morgan fingerprint density at radius 1 is 1.25 bits per heavy atom. The minimum absolute atomic E-state index is 0.0405. The lowest BCUT2D eigenvalue weighted by Crippen LogP contribution is -2.34. The van der Waals surface area contributed by atoms with Gasteiger partial charge in [0, 0.05) is 11.8 Å². The maximum Gasteiger partial charge on any atom is 0.277 e. The normalized spacial score (nSPS) is 14.8. The molecule has 0 fully saturated rings. The number of imide groups is 1. The van der Waals surface area contributed by atoms with Gasteiger partial charge >= 0.3 is 0 Å². The molecule has 0 aromatic heterocycles. The smallest absolute Gasteiger partial charge is 0.277 e. The summed E-state index contributed by atoms with van der Waals surface area (Å²) in [6.45, 7) is -0.324. The molecule has 0 radical (unpaired) electrons. The second-order valence-corrected chi connectivity index (χ2v) is 5.56. The summed E-state index contributed by atoms with van der Waals surface area (Å²) in [5.41, 5.74) is 0.597. The number of benzene rings is 1. The van der Waals surface area contributed by atoms with Gasteiger partial charge in [0.05, 0.1) is 27.7 Å². The molecular weight excluding hydrogens is 371 g/mol. The average molecular weight is 380 g/mol. The van der Waals surface area contributed by atoms with E-state index in [0.717, 1.165) is 4.90 Å². The Bertz CT molecular complexity index is 596. The summed E-state index contributed by atoms with van der Waals surface area (Å²) in [6, 6.07) is 3.15. The van der Waals surface area contributed by atoms with Crippen molar-refractivity contribution < 1.29 is 14.7 Å². The maximum atomic E-state index is 11.9. The summed E-state index contributed by atoms with van der Waals surface area (Å²) in [5, 5.41) is 12.4. The van der Waals surface area contributed by atoms with Crippen LogP contribution < -0.4 is 5.32 Å². The van der Waals surface area contributed by atoms with Gasteiger partial charge < -0.3 is 10.4 Å². The number of nitrogens with zero attached hydrogens (tertiary/aromatic N) is 1. The molecule has 8 heteroatoms. The van der Waals surface area contributed by atoms with Crippen LogP contribution in [-0.4, -0.2) is 35.0 Å². The van der Waals surface area contributed by atoms with Crippen LogP contribution >= 0.6 is 39.1 Å². The molecule has 5 nitrogen and oxygen atoms in total. The van der Waals surface area contributed by atoms with Crippen LogP contribution in [0.1, 0.15) is 0 Å². The summed E-state index contributed by atoms with van der Waals surface area (Å²) in [6.07, 6.45) is 1.17. The first kappa shape index (κ1) is 15.3. The van der Waals surface area contributed by atoms with E-state index in [-0.39, 0.29) is 18.8 Å². The molecule has 1 heterocycles. The Morgan fingerprint density at radius 2 is 1.85 bits per heavy atom. The molecule has 1 aromatic rings. The second kappa shape index (κ2) is 6.13. The number of amides is 2. The van der Waals surface area contributed by atoms with Crippen molar-refractivity contribution >= 4 is 56.6 Å². The summed E-state index contributed by atoms with van der Waals surface area (Å²) >= 11 is 15.1. The molecule has 0 spiro atoms. The summed E-state index contributed by atoms with van der Waals surface area (Å²) < 4.78 is 0.552. The number of hydrogen-bond donors (Lipinski definition) is 2. The first-order valence-electron chi connectivity index (χ1n) is 5.54. The number of carbonyl (C=O) groups is 2. The number of hydrogen-bond acceptors (Lipinski definition) is 4. The predicted octanol–water partition coefficient (Wildman–Crippen LogP) is 2.41. The van der Waals surface area contributed by atoms with Crippen molar-refractivity contribution in [3.8, 4) is 0 Å². The zero-order valence-corrected chi connectivity index (χ0v) is 13.1. The van der Waals surface area contributed by atoms with Crippen LogP contribution in [0.2, 0.25) is 10.0 Å². The lowest BCUT2D eigenvalue weighted by molar-refractivity contribution is -0.137. The van der Waals surface area contributed by atoms with Crippen molar-refractivity contribution in [1.29, 1.82) is 0 Å². The van der Waals surface area contributed by atoms with Gasteiger partial charge in [0.1, 0.15) is 5.70 Å². The highest BCUT2D eigenvalue weighted by Gasteiger charge is 2.30. The van der Waals surface area contributed by atoms with Gasteiger partial charge in [0.15, 0.2) is 0 Å². The monoisotopic (exact) mass is 378 g/mol. The Hall–Kier alpha value is -1.08. The molecule has 20 heavy (non-hydrogen) atoms. The van der Waals surface area contributed by atoms with Crippen LogP contribution in [0.4, 0.5) is 5.69 Å². The quantitative estimate of drug-likeness (QED) is 0.622. The van der Waals surface area contributed by atoms with Gasteiger partial charge in [-0.05, 0) is 28.1 Å². The van der Waals surface area contributed by atoms with Gasteiger partial charge in [-0.15, -0.1) is 0 Å². The number of aliphatic hydroxyl groups excluding tert-OH is 1. The first-order chi connectivity index (χ1) is 9.43. The van der Waals surface area contributed by atoms with Crippen LogP contribution in [0.25, 0.3) is 0 Å². The van der Waals surface area contributed by atoms with Crippen molar-refractivity contribution in [1.82, 2.24) is 4.90 Å². The molecule has 2 rings (SSSR count). The highest BCUT2D eigenvalue weighted by molar-refractivity contribution is 9.10. The standard InChI is InChI=1S/C12H9BrCl2N2O3/c13-11-7(14)3-6(4-8(11)15)16-9-5-10(19)17(1-2-18)12(9)20/h3-5,16,18H,1-2H2. The molecular formula is C12H9BrCl2N2O3. The minimum atomic E-state index is -0.501. The van der Waals surface area contributed by atoms with Gasteiger partial charge in [0.2, 0.25) is 0 Å². The zero-order valence-electron chi connectivity index (χ0n) is 9.99. The molecule has 106 valence electrons. The van der Waals surface area contributed by atoms with Gasteiger partial charge in [-0.1, -0.05) is 23.2 Å². The SMILES string of the molecule is O=C1C=C(Nc2cc(Cl)c(Br)c(Cl)c2)C(=O)N1CCO. The van der Waals surface area contributed by atoms with E-state index in [9.17, 15) is 9.59 Å². The Morgan fingerprint density at radius 3 is 2.40 bits per heavy atom. The fourth-order valence-electron chi connectivity index (χ4n) is 1.69. The number of carbonyl (C=O) groups excluding carboxylic acids is 2. The molecule has 1 aliphatic heterocycles. The lowest BCUT2D eigenvalue weighted by atomic mass is 10.3. The molecule has 1 aromatic carbocycles. The Balaban J connectivity index is 2.21. The largest absolute Gasteiger partial charge is 0.395 e. The fraction of sp³-hybridized carbons (Fsp3) is 0.167. The van der Waals surface area contributed by atoms with E-state index in [1.165, 1.54) is 6.08 Å². The minimum Gasteiger partial charge on any atom is -0.395 e. The average Bonchev–Trinajstić information content (AvgIpc) is 2.64. The van der Waals surface area contributed by atoms with Crippen molar-refractivity contribution in [3.63, 3.8) is 0 Å². The van der Waals surface area contributed by atoms with Crippen LogP contribution in [-0.2, 0) is 9.59 Å². The summed E-state index contributed by atoms with van der Waals surface area (Å²) in [4.78, 5) is 24.5. The number of rotatable bonds is 4. The molecule has 2 N–H and O–H groups in total. The predicted molar refractivity (Wildman–Crippen MR) is 79.7 cm³/mol. The molecule has 0 aliphatic carbocycles. The molecule has 0 saturated heterocycles. The number of β-amino-alcohol motifs (C(OH)–C–C–N with tert-alkyl or cyclic N) is 1. The number of nitrogens with one attached hydrogen (secondary N) is 1. The number of halogens is 3. The van der Waals surface area contributed by atoms with E-state index in [2.05, 4.69) is 21.2 Å². The Labute approximate surface area is 133 Å². The zero-order chi connectivity index (χ0) is 14.9. The molecule has 0 bridgehead atoms. The van der Waals surface area contributed by atoms with E-state index in [0.29, 0.717) is 20.2 Å². The lowest BCUT2D eigenvalue weighted by Gasteiger charge is -2.13. The van der Waals surface area contributed by atoms with Gasteiger partial charge in [0.25, 0.3) is 11.8 Å². The number of aliphatic hydroxyl groups is 1. The van der Waals surface area contributed by atoms with E-state index < -0.39 is 11.8 Å². The first-order valence-corrected chi connectivity index (χ1v) is 7.09. The molecule has 0 unspecified atom stereocenters. The van der Waals surface area contributed by atoms with Gasteiger partial charge in [-0.3, -0.25) is 14.5 Å². The third kappa shape index (κ3) is 2.98. The topological polar surface area (TPSA) is 69.6 Å². The van der Waals surface area contributed by atoms with Gasteiger partial charge in [-0.2, -0.15) is 0 Å². The van der Waals surface area contributed by atoms with Crippen molar-refractivity contribution in [2.45, 2.75) is 0 Å². The number of anilines is 1. The highest BCUT2D eigenvalue weighted by atomic mass is 79.9. The third-order valence-corrected chi connectivity index (χ3v) is 4.50. The second-order valence-electron chi connectivity index (χ2n) is 3.96. The summed E-state index contributed by atoms with van der Waals surface area (Å²) in [5.74, 6) is -0.972. The van der Waals surface area contributed by atoms with E-state index >= 15 is 0 Å². The third-order valence-electron chi connectivity index (χ3n) is 2.60.